The lowest BCUT2D eigenvalue weighted by Crippen LogP contribution is -2.31. The molecule has 0 radical (unpaired) electrons. The van der Waals surface area contributed by atoms with Gasteiger partial charge >= 0.3 is 5.97 Å². The number of nitrogens with zero attached hydrogens (tertiary/aromatic N) is 1. The maximum atomic E-state index is 11.2. The Hall–Kier alpha value is -4.10. The number of carboxylic acid groups (broad SMARTS) is 1. The number of rotatable bonds is 13. The molecule has 0 bridgehead atoms. The fourth-order valence-electron chi connectivity index (χ4n) is 4.99. The van der Waals surface area contributed by atoms with Gasteiger partial charge in [0, 0.05) is 23.6 Å². The third-order valence-electron chi connectivity index (χ3n) is 7.70. The number of hydrogen-bond acceptors (Lipinski definition) is 6. The molecule has 1 aliphatic heterocycles. The molecular weight excluding hydrogens is 504 g/mol. The first-order valence-corrected chi connectivity index (χ1v) is 13.8. The Morgan fingerprint density at radius 2 is 1.73 bits per heavy atom. The number of ether oxygens (including phenoxy) is 2. The van der Waals surface area contributed by atoms with Gasteiger partial charge in [-0.3, -0.25) is 4.79 Å². The van der Waals surface area contributed by atoms with E-state index in [4.69, 9.17) is 14.3 Å². The van der Waals surface area contributed by atoms with Crippen molar-refractivity contribution in [3.8, 4) is 22.6 Å². The summed E-state index contributed by atoms with van der Waals surface area (Å²) < 4.78 is 10.8. The van der Waals surface area contributed by atoms with E-state index >= 15 is 0 Å². The predicted octanol–water partition coefficient (Wildman–Crippen LogP) is 6.56. The number of aliphatic carboxylic acids is 1. The molecule has 0 spiro atoms. The van der Waals surface area contributed by atoms with Crippen LogP contribution in [0, 0.1) is 0 Å². The second-order valence-electron chi connectivity index (χ2n) is 10.9. The lowest BCUT2D eigenvalue weighted by atomic mass is 9.91. The summed E-state index contributed by atoms with van der Waals surface area (Å²) in [5, 5.41) is 17.0. The molecule has 0 amide bonds. The molecule has 3 aromatic carbocycles. The molecule has 40 heavy (non-hydrogen) atoms. The molecule has 208 valence electrons. The summed E-state index contributed by atoms with van der Waals surface area (Å²) in [7, 11) is 0. The summed E-state index contributed by atoms with van der Waals surface area (Å²) in [4.78, 5) is 16.8. The maximum absolute atomic E-state index is 11.2. The second-order valence-corrected chi connectivity index (χ2v) is 10.9. The number of oxime groups is 1. The van der Waals surface area contributed by atoms with E-state index in [0.29, 0.717) is 25.1 Å². The molecule has 2 N–H and O–H groups in total. The summed E-state index contributed by atoms with van der Waals surface area (Å²) in [5.41, 5.74) is 6.02. The lowest BCUT2D eigenvalue weighted by Gasteiger charge is -2.14. The highest BCUT2D eigenvalue weighted by molar-refractivity contribution is 5.83. The summed E-state index contributed by atoms with van der Waals surface area (Å²) >= 11 is 0. The molecular formula is C33H36N2O5. The van der Waals surface area contributed by atoms with Crippen molar-refractivity contribution in [3.05, 3.63) is 90.0 Å². The normalized spacial score (nSPS) is 15.9. The summed E-state index contributed by atoms with van der Waals surface area (Å²) in [6.45, 7) is 9.04. The van der Waals surface area contributed by atoms with Crippen molar-refractivity contribution in [3.63, 3.8) is 0 Å². The summed E-state index contributed by atoms with van der Waals surface area (Å²) in [6, 6.07) is 22.7. The molecule has 1 fully saturated rings. The van der Waals surface area contributed by atoms with E-state index in [9.17, 15) is 9.90 Å². The molecule has 1 heterocycles. The third-order valence-corrected chi connectivity index (χ3v) is 7.70. The Labute approximate surface area is 235 Å². The van der Waals surface area contributed by atoms with E-state index in [1.807, 2.05) is 37.3 Å². The number of nitrogens with one attached hydrogen (secondary N) is 1. The highest BCUT2D eigenvalue weighted by atomic mass is 16.7. The average molecular weight is 541 g/mol. The van der Waals surface area contributed by atoms with Gasteiger partial charge in [-0.1, -0.05) is 66.3 Å². The summed E-state index contributed by atoms with van der Waals surface area (Å²) in [5.74, 6) is 1.38. The summed E-state index contributed by atoms with van der Waals surface area (Å²) in [6.07, 6.45) is 4.00. The Morgan fingerprint density at radius 3 is 2.40 bits per heavy atom. The van der Waals surface area contributed by atoms with Crippen LogP contribution in [0.4, 0.5) is 0 Å². The highest BCUT2D eigenvalue weighted by Crippen LogP contribution is 2.51. The van der Waals surface area contributed by atoms with Gasteiger partial charge in [-0.05, 0) is 73.9 Å². The van der Waals surface area contributed by atoms with Gasteiger partial charge in [0.25, 0.3) is 0 Å². The molecule has 0 saturated heterocycles. The first-order valence-electron chi connectivity index (χ1n) is 13.8. The Kier molecular flexibility index (Phi) is 8.21. The Bertz CT molecular complexity index is 1390. The van der Waals surface area contributed by atoms with Crippen LogP contribution in [0.3, 0.4) is 0 Å². The van der Waals surface area contributed by atoms with E-state index < -0.39 is 5.97 Å². The van der Waals surface area contributed by atoms with E-state index in [1.165, 1.54) is 5.56 Å². The first kappa shape index (κ1) is 27.5. The first-order chi connectivity index (χ1) is 19.3. The minimum atomic E-state index is -0.737. The van der Waals surface area contributed by atoms with Gasteiger partial charge in [0.1, 0.15) is 0 Å². The van der Waals surface area contributed by atoms with Gasteiger partial charge in [-0.15, -0.1) is 0 Å². The van der Waals surface area contributed by atoms with E-state index in [0.717, 1.165) is 65.1 Å². The molecule has 1 unspecified atom stereocenters. The van der Waals surface area contributed by atoms with Crippen molar-refractivity contribution < 1.29 is 24.2 Å². The van der Waals surface area contributed by atoms with Gasteiger partial charge in [0.2, 0.25) is 6.79 Å². The van der Waals surface area contributed by atoms with Gasteiger partial charge in [0.15, 0.2) is 17.3 Å². The lowest BCUT2D eigenvalue weighted by molar-refractivity contribution is -0.137. The van der Waals surface area contributed by atoms with Crippen molar-refractivity contribution >= 4 is 17.4 Å². The highest BCUT2D eigenvalue weighted by Gasteiger charge is 2.45. The number of carboxylic acids is 1. The molecule has 7 nitrogen and oxygen atoms in total. The fourth-order valence-corrected chi connectivity index (χ4v) is 4.99. The van der Waals surface area contributed by atoms with E-state index in [-0.39, 0.29) is 11.8 Å². The quantitative estimate of drug-likeness (QED) is 0.145. The SMILES string of the molecule is C=C(O/N=C(/C)CNC(C)CCc1ccc2c(c1)OCO2)c1ccc(-c2ccc(C3(CC(=O)O)CC3)cc2)cc1. The maximum Gasteiger partial charge on any atom is 0.304 e. The molecule has 1 atom stereocenters. The number of hydrogen-bond donors (Lipinski definition) is 2. The zero-order valence-electron chi connectivity index (χ0n) is 23.1. The molecule has 0 aromatic heterocycles. The third kappa shape index (κ3) is 6.72. The van der Waals surface area contributed by atoms with Gasteiger partial charge in [-0.25, -0.2) is 0 Å². The van der Waals surface area contributed by atoms with Crippen LogP contribution in [0.1, 0.15) is 56.2 Å². The zero-order chi connectivity index (χ0) is 28.1. The number of carbonyl (C=O) groups is 1. The molecule has 3 aromatic rings. The van der Waals surface area contributed by atoms with Crippen molar-refractivity contribution in [2.24, 2.45) is 5.16 Å². The van der Waals surface area contributed by atoms with Crippen molar-refractivity contribution in [1.82, 2.24) is 5.32 Å². The van der Waals surface area contributed by atoms with Crippen LogP contribution in [0.5, 0.6) is 11.5 Å². The van der Waals surface area contributed by atoms with Crippen molar-refractivity contribution in [2.45, 2.75) is 57.4 Å². The van der Waals surface area contributed by atoms with E-state index in [2.05, 4.69) is 60.4 Å². The van der Waals surface area contributed by atoms with Crippen LogP contribution in [0.15, 0.2) is 78.5 Å². The van der Waals surface area contributed by atoms with Crippen LogP contribution in [-0.2, 0) is 21.5 Å². The second kappa shape index (κ2) is 12.0. The Morgan fingerprint density at radius 1 is 1.05 bits per heavy atom. The Balaban J connectivity index is 1.07. The topological polar surface area (TPSA) is 89.4 Å². The van der Waals surface area contributed by atoms with E-state index in [1.54, 1.807) is 0 Å². The standard InChI is InChI=1S/C33H36N2O5/c1-22(4-5-25-6-15-30-31(18-25)39-21-38-30)34-20-23(2)35-40-24(3)26-7-9-27(10-8-26)28-11-13-29(14-12-28)33(16-17-33)19-32(36)37/h6-15,18,22,34H,3-5,16-17,19-21H2,1-2H3,(H,36,37)/b35-23-. The molecule has 1 aliphatic carbocycles. The minimum absolute atomic E-state index is 0.177. The van der Waals surface area contributed by atoms with Gasteiger partial charge < -0.3 is 24.7 Å². The van der Waals surface area contributed by atoms with Gasteiger partial charge in [0.05, 0.1) is 12.1 Å². The molecule has 7 heteroatoms. The predicted molar refractivity (Wildman–Crippen MR) is 157 cm³/mol. The zero-order valence-corrected chi connectivity index (χ0v) is 23.1. The molecule has 5 rings (SSSR count). The van der Waals surface area contributed by atoms with Crippen molar-refractivity contribution in [1.29, 1.82) is 0 Å². The molecule has 2 aliphatic rings. The largest absolute Gasteiger partial charge is 0.481 e. The van der Waals surface area contributed by atoms with Crippen LogP contribution >= 0.6 is 0 Å². The monoisotopic (exact) mass is 540 g/mol. The van der Waals surface area contributed by atoms with Crippen LogP contribution in [0.25, 0.3) is 16.9 Å². The van der Waals surface area contributed by atoms with Crippen LogP contribution in [0.2, 0.25) is 0 Å². The average Bonchev–Trinajstić information content (AvgIpc) is 3.58. The van der Waals surface area contributed by atoms with Crippen LogP contribution in [-0.4, -0.2) is 36.2 Å². The van der Waals surface area contributed by atoms with Gasteiger partial charge in [-0.2, -0.15) is 0 Å². The smallest absolute Gasteiger partial charge is 0.304 e. The molecule has 1 saturated carbocycles. The minimum Gasteiger partial charge on any atom is -0.481 e. The van der Waals surface area contributed by atoms with Crippen molar-refractivity contribution in [2.75, 3.05) is 13.3 Å². The number of aryl methyl sites for hydroxylation is 1. The number of fused-ring (bicyclic) bond motifs is 1. The number of benzene rings is 3. The van der Waals surface area contributed by atoms with Crippen LogP contribution < -0.4 is 14.8 Å². The fraction of sp³-hybridized carbons (Fsp3) is 0.333.